The Labute approximate surface area is 127 Å². The molecule has 0 aliphatic heterocycles. The highest BCUT2D eigenvalue weighted by atomic mass is 35.5. The van der Waals surface area contributed by atoms with E-state index in [4.69, 9.17) is 11.6 Å². The Morgan fingerprint density at radius 1 is 1.24 bits per heavy atom. The van der Waals surface area contributed by atoms with Gasteiger partial charge in [0.05, 0.1) is 16.6 Å². The molecule has 0 bridgehead atoms. The SMILES string of the molecule is CC(CCl)(Nc1nc2ccc(F)cc2[nH]1)c1ccccc1. The van der Waals surface area contributed by atoms with E-state index in [9.17, 15) is 4.39 Å². The summed E-state index contributed by atoms with van der Waals surface area (Å²) in [5, 5.41) is 3.31. The van der Waals surface area contributed by atoms with Crippen molar-refractivity contribution in [3.8, 4) is 0 Å². The summed E-state index contributed by atoms with van der Waals surface area (Å²) in [7, 11) is 0. The maximum absolute atomic E-state index is 13.2. The molecule has 1 atom stereocenters. The molecule has 21 heavy (non-hydrogen) atoms. The monoisotopic (exact) mass is 303 g/mol. The highest BCUT2D eigenvalue weighted by Crippen LogP contribution is 2.27. The zero-order chi connectivity index (χ0) is 14.9. The molecule has 108 valence electrons. The lowest BCUT2D eigenvalue weighted by molar-refractivity contribution is 0.611. The van der Waals surface area contributed by atoms with Gasteiger partial charge in [-0.3, -0.25) is 0 Å². The second-order valence-corrected chi connectivity index (χ2v) is 5.47. The van der Waals surface area contributed by atoms with Crippen LogP contribution in [0.4, 0.5) is 10.3 Å². The van der Waals surface area contributed by atoms with Gasteiger partial charge in [0.1, 0.15) is 5.82 Å². The lowest BCUT2D eigenvalue weighted by Crippen LogP contribution is -2.34. The summed E-state index contributed by atoms with van der Waals surface area (Å²) in [6.07, 6.45) is 0. The van der Waals surface area contributed by atoms with E-state index >= 15 is 0 Å². The molecule has 3 nitrogen and oxygen atoms in total. The molecule has 3 rings (SSSR count). The highest BCUT2D eigenvalue weighted by molar-refractivity contribution is 6.18. The second kappa shape index (κ2) is 5.37. The zero-order valence-electron chi connectivity index (χ0n) is 11.5. The van der Waals surface area contributed by atoms with Crippen molar-refractivity contribution < 1.29 is 4.39 Å². The number of anilines is 1. The standard InChI is InChI=1S/C16H15ClFN3/c1-16(10-17,11-5-3-2-4-6-11)21-15-19-13-8-7-12(18)9-14(13)20-15/h2-9H,10H2,1H3,(H2,19,20,21). The molecular weight excluding hydrogens is 289 g/mol. The predicted octanol–water partition coefficient (Wildman–Crippen LogP) is 4.27. The second-order valence-electron chi connectivity index (χ2n) is 5.20. The number of imidazole rings is 1. The number of hydrogen-bond donors (Lipinski definition) is 2. The number of nitrogens with zero attached hydrogens (tertiary/aromatic N) is 1. The number of hydrogen-bond acceptors (Lipinski definition) is 2. The summed E-state index contributed by atoms with van der Waals surface area (Å²) in [6, 6.07) is 14.4. The molecule has 1 unspecified atom stereocenters. The average molecular weight is 304 g/mol. The van der Waals surface area contributed by atoms with Gasteiger partial charge in [0.15, 0.2) is 0 Å². The quantitative estimate of drug-likeness (QED) is 0.707. The van der Waals surface area contributed by atoms with E-state index in [-0.39, 0.29) is 5.82 Å². The van der Waals surface area contributed by atoms with Crippen LogP contribution in [0.3, 0.4) is 0 Å². The average Bonchev–Trinajstić information content (AvgIpc) is 2.89. The Bertz CT molecular complexity index is 757. The van der Waals surface area contributed by atoms with Crippen LogP contribution in [-0.4, -0.2) is 15.8 Å². The van der Waals surface area contributed by atoms with Crippen LogP contribution in [0.1, 0.15) is 12.5 Å². The number of aromatic nitrogens is 2. The van der Waals surface area contributed by atoms with E-state index in [0.717, 1.165) is 5.56 Å². The van der Waals surface area contributed by atoms with Gasteiger partial charge in [-0.1, -0.05) is 30.3 Å². The fraction of sp³-hybridized carbons (Fsp3) is 0.188. The largest absolute Gasteiger partial charge is 0.345 e. The number of rotatable bonds is 4. The number of alkyl halides is 1. The molecule has 0 radical (unpaired) electrons. The minimum Gasteiger partial charge on any atom is -0.345 e. The van der Waals surface area contributed by atoms with Crippen LogP contribution in [0.25, 0.3) is 11.0 Å². The smallest absolute Gasteiger partial charge is 0.201 e. The molecule has 1 heterocycles. The van der Waals surface area contributed by atoms with Crippen LogP contribution >= 0.6 is 11.6 Å². The van der Waals surface area contributed by atoms with Crippen molar-refractivity contribution in [2.75, 3.05) is 11.2 Å². The van der Waals surface area contributed by atoms with Crippen molar-refractivity contribution in [2.45, 2.75) is 12.5 Å². The van der Waals surface area contributed by atoms with Gasteiger partial charge in [-0.2, -0.15) is 0 Å². The molecule has 5 heteroatoms. The minimum absolute atomic E-state index is 0.291. The number of aromatic amines is 1. The van der Waals surface area contributed by atoms with Crippen LogP contribution < -0.4 is 5.32 Å². The van der Waals surface area contributed by atoms with Gasteiger partial charge in [-0.25, -0.2) is 9.37 Å². The summed E-state index contributed by atoms with van der Waals surface area (Å²) >= 11 is 6.15. The Morgan fingerprint density at radius 2 is 2.00 bits per heavy atom. The molecule has 0 saturated heterocycles. The summed E-state index contributed by atoms with van der Waals surface area (Å²) < 4.78 is 13.2. The Hall–Kier alpha value is -2.07. The molecule has 0 spiro atoms. The van der Waals surface area contributed by atoms with Crippen LogP contribution in [0.5, 0.6) is 0 Å². The molecule has 2 N–H and O–H groups in total. The van der Waals surface area contributed by atoms with Gasteiger partial charge in [0.25, 0.3) is 0 Å². The summed E-state index contributed by atoms with van der Waals surface area (Å²) in [4.78, 5) is 7.50. The maximum atomic E-state index is 13.2. The van der Waals surface area contributed by atoms with E-state index in [1.807, 2.05) is 37.3 Å². The molecule has 0 saturated carbocycles. The minimum atomic E-state index is -0.463. The molecule has 0 fully saturated rings. The fourth-order valence-corrected chi connectivity index (χ4v) is 2.51. The Balaban J connectivity index is 1.95. The van der Waals surface area contributed by atoms with Gasteiger partial charge >= 0.3 is 0 Å². The fourth-order valence-electron chi connectivity index (χ4n) is 2.29. The lowest BCUT2D eigenvalue weighted by Gasteiger charge is -2.29. The van der Waals surface area contributed by atoms with Crippen LogP contribution in [0.2, 0.25) is 0 Å². The van der Waals surface area contributed by atoms with Crippen molar-refractivity contribution in [1.29, 1.82) is 0 Å². The highest BCUT2D eigenvalue weighted by Gasteiger charge is 2.26. The third-order valence-corrected chi connectivity index (χ3v) is 4.05. The van der Waals surface area contributed by atoms with Crippen molar-refractivity contribution >= 4 is 28.6 Å². The van der Waals surface area contributed by atoms with Crippen molar-refractivity contribution in [1.82, 2.24) is 9.97 Å². The number of nitrogens with one attached hydrogen (secondary N) is 2. The third kappa shape index (κ3) is 2.72. The zero-order valence-corrected chi connectivity index (χ0v) is 12.3. The van der Waals surface area contributed by atoms with Gasteiger partial charge < -0.3 is 10.3 Å². The molecule has 3 aromatic rings. The Morgan fingerprint density at radius 3 is 2.71 bits per heavy atom. The third-order valence-electron chi connectivity index (χ3n) is 3.52. The predicted molar refractivity (Wildman–Crippen MR) is 84.2 cm³/mol. The van der Waals surface area contributed by atoms with Crippen molar-refractivity contribution in [3.63, 3.8) is 0 Å². The van der Waals surface area contributed by atoms with Gasteiger partial charge in [0.2, 0.25) is 5.95 Å². The first-order valence-corrected chi connectivity index (χ1v) is 7.19. The van der Waals surface area contributed by atoms with Crippen LogP contribution in [0.15, 0.2) is 48.5 Å². The van der Waals surface area contributed by atoms with E-state index in [1.165, 1.54) is 12.1 Å². The molecule has 1 aromatic heterocycles. The molecule has 0 aliphatic rings. The van der Waals surface area contributed by atoms with E-state index in [2.05, 4.69) is 15.3 Å². The number of halogens is 2. The first-order valence-electron chi connectivity index (χ1n) is 6.66. The number of fused-ring (bicyclic) bond motifs is 1. The topological polar surface area (TPSA) is 40.7 Å². The van der Waals surface area contributed by atoms with Crippen molar-refractivity contribution in [3.05, 3.63) is 59.9 Å². The lowest BCUT2D eigenvalue weighted by atomic mass is 9.94. The van der Waals surface area contributed by atoms with Crippen molar-refractivity contribution in [2.24, 2.45) is 0 Å². The summed E-state index contributed by atoms with van der Waals surface area (Å²) in [5.74, 6) is 0.658. The Kier molecular flexibility index (Phi) is 3.55. The van der Waals surface area contributed by atoms with Crippen LogP contribution in [-0.2, 0) is 5.54 Å². The first-order chi connectivity index (χ1) is 10.1. The van der Waals surface area contributed by atoms with E-state index < -0.39 is 5.54 Å². The number of benzene rings is 2. The molecule has 0 aliphatic carbocycles. The molecule has 2 aromatic carbocycles. The van der Waals surface area contributed by atoms with Gasteiger partial charge in [-0.05, 0) is 30.7 Å². The van der Waals surface area contributed by atoms with E-state index in [0.29, 0.717) is 22.9 Å². The molecule has 0 amide bonds. The number of H-pyrrole nitrogens is 1. The summed E-state index contributed by atoms with van der Waals surface area (Å²) in [5.41, 5.74) is 1.97. The van der Waals surface area contributed by atoms with E-state index in [1.54, 1.807) is 6.07 Å². The maximum Gasteiger partial charge on any atom is 0.201 e. The molecular formula is C16H15ClFN3. The van der Waals surface area contributed by atoms with Gasteiger partial charge in [0, 0.05) is 5.88 Å². The van der Waals surface area contributed by atoms with Crippen LogP contribution in [0, 0.1) is 5.82 Å². The summed E-state index contributed by atoms with van der Waals surface area (Å²) in [6.45, 7) is 2.00. The van der Waals surface area contributed by atoms with Gasteiger partial charge in [-0.15, -0.1) is 11.6 Å². The first kappa shape index (κ1) is 13.9. The normalized spacial score (nSPS) is 14.0.